The van der Waals surface area contributed by atoms with Crippen LogP contribution in [0.5, 0.6) is 0 Å². The smallest absolute Gasteiger partial charge is 0.248 e. The lowest BCUT2D eigenvalue weighted by Gasteiger charge is -2.31. The van der Waals surface area contributed by atoms with Crippen molar-refractivity contribution in [2.75, 3.05) is 6.61 Å². The first-order valence-corrected chi connectivity index (χ1v) is 8.19. The maximum atomic E-state index is 12.3. The third-order valence-corrected chi connectivity index (χ3v) is 5.10. The number of rotatable bonds is 2. The van der Waals surface area contributed by atoms with Crippen molar-refractivity contribution in [3.05, 3.63) is 51.8 Å². The highest BCUT2D eigenvalue weighted by molar-refractivity contribution is 6.64. The van der Waals surface area contributed by atoms with E-state index in [1.807, 2.05) is 12.3 Å². The van der Waals surface area contributed by atoms with E-state index in [1.54, 1.807) is 16.8 Å². The number of hydrogen-bond acceptors (Lipinski definition) is 5. The van der Waals surface area contributed by atoms with E-state index in [2.05, 4.69) is 10.3 Å². The Morgan fingerprint density at radius 1 is 1.21 bits per heavy atom. The lowest BCUT2D eigenvalue weighted by atomic mass is 9.86. The molecule has 7 heteroatoms. The highest BCUT2D eigenvalue weighted by Crippen LogP contribution is 2.43. The molecule has 0 spiro atoms. The lowest BCUT2D eigenvalue weighted by Crippen LogP contribution is -2.30. The van der Waals surface area contributed by atoms with Crippen LogP contribution in [0.4, 0.5) is 0 Å². The summed E-state index contributed by atoms with van der Waals surface area (Å²) in [5.41, 5.74) is 2.81. The molecule has 5 rings (SSSR count). The van der Waals surface area contributed by atoms with E-state index >= 15 is 0 Å². The number of ether oxygens (including phenoxy) is 1. The van der Waals surface area contributed by atoms with Crippen molar-refractivity contribution in [1.29, 1.82) is 0 Å². The van der Waals surface area contributed by atoms with E-state index in [-0.39, 0.29) is 17.7 Å². The molecule has 1 aliphatic heterocycles. The van der Waals surface area contributed by atoms with Gasteiger partial charge in [-0.05, 0) is 18.4 Å². The van der Waals surface area contributed by atoms with Crippen LogP contribution in [-0.2, 0) is 9.53 Å². The Labute approximate surface area is 142 Å². The molecular weight excluding hydrogens is 330 g/mol. The van der Waals surface area contributed by atoms with E-state index in [9.17, 15) is 9.59 Å². The molecule has 120 valence electrons. The van der Waals surface area contributed by atoms with Crippen molar-refractivity contribution in [3.63, 3.8) is 0 Å². The zero-order valence-electron chi connectivity index (χ0n) is 12.5. The molecule has 0 saturated heterocycles. The number of aromatic nitrogens is 3. The molecule has 1 aromatic carbocycles. The van der Waals surface area contributed by atoms with Crippen molar-refractivity contribution in [2.24, 2.45) is 0 Å². The maximum Gasteiger partial charge on any atom is 0.248 e. The largest absolute Gasteiger partial charge is 0.489 e. The first-order valence-electron chi connectivity index (χ1n) is 7.81. The average Bonchev–Trinajstić information content (AvgIpc) is 3.35. The average molecular weight is 342 g/mol. The van der Waals surface area contributed by atoms with Crippen LogP contribution in [0.1, 0.15) is 52.0 Å². The summed E-state index contributed by atoms with van der Waals surface area (Å²) < 4.78 is 7.53. The van der Waals surface area contributed by atoms with Crippen molar-refractivity contribution >= 4 is 28.9 Å². The fraction of sp³-hybridized carbons (Fsp3) is 0.294. The van der Waals surface area contributed by atoms with E-state index in [1.165, 1.54) is 0 Å². The molecule has 0 radical (unpaired) electrons. The second-order valence-corrected chi connectivity index (χ2v) is 6.67. The number of carbonyl (C=O) groups is 2. The Morgan fingerprint density at radius 3 is 2.83 bits per heavy atom. The molecule has 1 unspecified atom stereocenters. The molecule has 1 atom stereocenters. The second-order valence-electron chi connectivity index (χ2n) is 6.30. The monoisotopic (exact) mass is 341 g/mol. The SMILES string of the molecule is O=C1C(=O)c2cccc3c2C(=C1Cl)OCC3n1cc(C2CC2)nn1. The van der Waals surface area contributed by atoms with Gasteiger partial charge in [0.15, 0.2) is 0 Å². The number of allylic oxidation sites excluding steroid dienone is 1. The number of carbonyl (C=O) groups excluding carboxylic acids is 2. The summed E-state index contributed by atoms with van der Waals surface area (Å²) in [6.07, 6.45) is 4.25. The van der Waals surface area contributed by atoms with Gasteiger partial charge < -0.3 is 4.74 Å². The van der Waals surface area contributed by atoms with Crippen LogP contribution < -0.4 is 0 Å². The minimum Gasteiger partial charge on any atom is -0.489 e. The number of hydrogen-bond donors (Lipinski definition) is 0. The van der Waals surface area contributed by atoms with Crippen molar-refractivity contribution in [2.45, 2.75) is 24.8 Å². The second kappa shape index (κ2) is 4.77. The standard InChI is InChI=1S/C17H12ClN3O3/c18-14-16(23)15(22)10-3-1-2-9-12(7-24-17(14)13(9)10)21-6-11(19-20-21)8-4-5-8/h1-3,6,8,12H,4-5,7H2. The summed E-state index contributed by atoms with van der Waals surface area (Å²) in [6.45, 7) is 0.289. The first-order chi connectivity index (χ1) is 11.6. The van der Waals surface area contributed by atoms with Gasteiger partial charge in [0.25, 0.3) is 0 Å². The molecule has 0 N–H and O–H groups in total. The zero-order valence-corrected chi connectivity index (χ0v) is 13.3. The molecule has 0 amide bonds. The number of benzene rings is 1. The van der Waals surface area contributed by atoms with E-state index < -0.39 is 11.6 Å². The van der Waals surface area contributed by atoms with Crippen LogP contribution in [0.3, 0.4) is 0 Å². The Kier molecular flexibility index (Phi) is 2.77. The topological polar surface area (TPSA) is 74.1 Å². The zero-order chi connectivity index (χ0) is 16.4. The molecule has 2 aliphatic carbocycles. The molecule has 3 aliphatic rings. The molecule has 0 bridgehead atoms. The number of halogens is 1. The highest BCUT2D eigenvalue weighted by atomic mass is 35.5. The quantitative estimate of drug-likeness (QED) is 0.784. The Hall–Kier alpha value is -2.47. The molecule has 24 heavy (non-hydrogen) atoms. The molecule has 1 saturated carbocycles. The van der Waals surface area contributed by atoms with Crippen LogP contribution in [-0.4, -0.2) is 33.2 Å². The summed E-state index contributed by atoms with van der Waals surface area (Å²) in [4.78, 5) is 24.2. The third kappa shape index (κ3) is 1.83. The number of ketones is 2. The van der Waals surface area contributed by atoms with Gasteiger partial charge in [0.2, 0.25) is 11.6 Å². The fourth-order valence-corrected chi connectivity index (χ4v) is 3.58. The number of Topliss-reactive ketones (excluding diaryl/α,β-unsaturated/α-hetero) is 2. The molecule has 2 heterocycles. The van der Waals surface area contributed by atoms with Crippen molar-refractivity contribution in [3.8, 4) is 0 Å². The van der Waals surface area contributed by atoms with Gasteiger partial charge in [0.1, 0.15) is 23.4 Å². The van der Waals surface area contributed by atoms with E-state index in [0.717, 1.165) is 24.1 Å². The maximum absolute atomic E-state index is 12.3. The predicted molar refractivity (Wildman–Crippen MR) is 84.6 cm³/mol. The van der Waals surface area contributed by atoms with Crippen LogP contribution >= 0.6 is 11.6 Å². The normalized spacial score (nSPS) is 22.5. The van der Waals surface area contributed by atoms with Gasteiger partial charge in [0.05, 0.1) is 5.69 Å². The van der Waals surface area contributed by atoms with Gasteiger partial charge in [0, 0.05) is 23.2 Å². The van der Waals surface area contributed by atoms with Gasteiger partial charge in [-0.15, -0.1) is 5.10 Å². The summed E-state index contributed by atoms with van der Waals surface area (Å²) in [5, 5.41) is 8.34. The fourth-order valence-electron chi connectivity index (χ4n) is 3.34. The van der Waals surface area contributed by atoms with Crippen molar-refractivity contribution < 1.29 is 14.3 Å². The molecule has 6 nitrogen and oxygen atoms in total. The number of nitrogens with zero attached hydrogens (tertiary/aromatic N) is 3. The molecule has 1 fully saturated rings. The Morgan fingerprint density at radius 2 is 2.04 bits per heavy atom. The van der Waals surface area contributed by atoms with Gasteiger partial charge in [-0.2, -0.15) is 0 Å². The summed E-state index contributed by atoms with van der Waals surface area (Å²) >= 11 is 6.06. The molecular formula is C17H12ClN3O3. The van der Waals surface area contributed by atoms with Crippen LogP contribution in [0.2, 0.25) is 0 Å². The molecule has 2 aromatic rings. The Bertz CT molecular complexity index is 942. The van der Waals surface area contributed by atoms with Crippen molar-refractivity contribution in [1.82, 2.24) is 15.0 Å². The molecule has 1 aromatic heterocycles. The summed E-state index contributed by atoms with van der Waals surface area (Å²) in [5.74, 6) is -0.503. The predicted octanol–water partition coefficient (Wildman–Crippen LogP) is 2.45. The van der Waals surface area contributed by atoms with Crippen LogP contribution in [0.25, 0.3) is 5.76 Å². The van der Waals surface area contributed by atoms with Crippen LogP contribution in [0.15, 0.2) is 29.4 Å². The van der Waals surface area contributed by atoms with Gasteiger partial charge >= 0.3 is 0 Å². The highest BCUT2D eigenvalue weighted by Gasteiger charge is 2.39. The van der Waals surface area contributed by atoms with Crippen LogP contribution in [0, 0.1) is 0 Å². The van der Waals surface area contributed by atoms with Gasteiger partial charge in [-0.1, -0.05) is 35.0 Å². The summed E-state index contributed by atoms with van der Waals surface area (Å²) in [6, 6.07) is 5.12. The van der Waals surface area contributed by atoms with Gasteiger partial charge in [-0.25, -0.2) is 4.68 Å². The summed E-state index contributed by atoms with van der Waals surface area (Å²) in [7, 11) is 0. The minimum absolute atomic E-state index is 0.143. The Balaban J connectivity index is 1.67. The van der Waals surface area contributed by atoms with Gasteiger partial charge in [-0.3, -0.25) is 9.59 Å². The van der Waals surface area contributed by atoms with E-state index in [4.69, 9.17) is 16.3 Å². The third-order valence-electron chi connectivity index (χ3n) is 4.76. The van der Waals surface area contributed by atoms with E-state index in [0.29, 0.717) is 22.8 Å². The first kappa shape index (κ1) is 13.9. The minimum atomic E-state index is -0.716. The lowest BCUT2D eigenvalue weighted by molar-refractivity contribution is -0.111.